The van der Waals surface area contributed by atoms with E-state index in [1.807, 2.05) is 36.4 Å². The topological polar surface area (TPSA) is 70.2 Å². The van der Waals surface area contributed by atoms with E-state index < -0.39 is 5.97 Å². The number of esters is 1. The first-order valence-corrected chi connectivity index (χ1v) is 7.94. The number of carbonyl (C=O) groups excluding carboxylic acids is 1. The van der Waals surface area contributed by atoms with Crippen molar-refractivity contribution in [2.45, 2.75) is 6.92 Å². The number of fused-ring (bicyclic) bond motifs is 1. The normalized spacial score (nSPS) is 10.9. The quantitative estimate of drug-likeness (QED) is 0.530. The van der Waals surface area contributed by atoms with Crippen molar-refractivity contribution in [3.63, 3.8) is 0 Å². The van der Waals surface area contributed by atoms with Crippen LogP contribution in [0.5, 0.6) is 0 Å². The standard InChI is InChI=1S/C19H15N3O3/c1-2-24-19(23)15-12-14(21-22(15)18-9-5-6-10-20-18)17-11-13-7-3-4-8-16(13)25-17/h3-12H,2H2,1H3. The zero-order valence-corrected chi connectivity index (χ0v) is 13.5. The summed E-state index contributed by atoms with van der Waals surface area (Å²) in [5, 5.41) is 5.48. The average molecular weight is 333 g/mol. The first kappa shape index (κ1) is 15.1. The summed E-state index contributed by atoms with van der Waals surface area (Å²) in [6.45, 7) is 2.05. The van der Waals surface area contributed by atoms with Gasteiger partial charge in [-0.1, -0.05) is 24.3 Å². The van der Waals surface area contributed by atoms with E-state index in [1.165, 1.54) is 4.68 Å². The molecule has 0 aliphatic carbocycles. The summed E-state index contributed by atoms with van der Waals surface area (Å²) in [4.78, 5) is 16.6. The van der Waals surface area contributed by atoms with Gasteiger partial charge in [0.15, 0.2) is 17.3 Å². The molecule has 0 N–H and O–H groups in total. The maximum Gasteiger partial charge on any atom is 0.357 e. The zero-order chi connectivity index (χ0) is 17.2. The van der Waals surface area contributed by atoms with Crippen molar-refractivity contribution in [3.05, 3.63) is 66.5 Å². The third-order valence-corrected chi connectivity index (χ3v) is 3.74. The van der Waals surface area contributed by atoms with Gasteiger partial charge in [0.05, 0.1) is 6.61 Å². The van der Waals surface area contributed by atoms with E-state index in [1.54, 1.807) is 31.3 Å². The molecule has 25 heavy (non-hydrogen) atoms. The number of carbonyl (C=O) groups is 1. The Labute approximate surface area is 143 Å². The van der Waals surface area contributed by atoms with Gasteiger partial charge in [-0.25, -0.2) is 14.5 Å². The zero-order valence-electron chi connectivity index (χ0n) is 13.5. The predicted molar refractivity (Wildman–Crippen MR) is 92.5 cm³/mol. The predicted octanol–water partition coefficient (Wildman–Crippen LogP) is 3.86. The minimum atomic E-state index is -0.456. The molecule has 6 heteroatoms. The van der Waals surface area contributed by atoms with Crippen LogP contribution in [-0.4, -0.2) is 27.3 Å². The fourth-order valence-corrected chi connectivity index (χ4v) is 2.61. The molecule has 6 nitrogen and oxygen atoms in total. The van der Waals surface area contributed by atoms with Crippen molar-refractivity contribution in [1.29, 1.82) is 0 Å². The smallest absolute Gasteiger partial charge is 0.357 e. The fourth-order valence-electron chi connectivity index (χ4n) is 2.61. The lowest BCUT2D eigenvalue weighted by Gasteiger charge is -2.05. The SMILES string of the molecule is CCOC(=O)c1cc(-c2cc3ccccc3o2)nn1-c1ccccn1. The Balaban J connectivity index is 1.85. The molecule has 0 bridgehead atoms. The molecule has 0 radical (unpaired) electrons. The number of benzene rings is 1. The molecule has 3 heterocycles. The summed E-state index contributed by atoms with van der Waals surface area (Å²) in [5.74, 6) is 0.664. The average Bonchev–Trinajstić information content (AvgIpc) is 3.27. The molecule has 0 atom stereocenters. The van der Waals surface area contributed by atoms with Crippen molar-refractivity contribution in [2.24, 2.45) is 0 Å². The Kier molecular flexibility index (Phi) is 3.78. The molecule has 0 unspecified atom stereocenters. The lowest BCUT2D eigenvalue weighted by molar-refractivity contribution is 0.0515. The molecule has 1 aromatic carbocycles. The molecule has 0 aliphatic rings. The number of hydrogen-bond acceptors (Lipinski definition) is 5. The van der Waals surface area contributed by atoms with Crippen molar-refractivity contribution in [3.8, 4) is 17.3 Å². The van der Waals surface area contributed by atoms with Gasteiger partial charge in [-0.15, -0.1) is 0 Å². The maximum atomic E-state index is 12.3. The molecule has 4 aromatic rings. The van der Waals surface area contributed by atoms with E-state index in [0.29, 0.717) is 23.0 Å². The molecular weight excluding hydrogens is 318 g/mol. The van der Waals surface area contributed by atoms with E-state index in [9.17, 15) is 4.79 Å². The van der Waals surface area contributed by atoms with Gasteiger partial charge in [0.25, 0.3) is 0 Å². The molecule has 0 amide bonds. The Morgan fingerprint density at radius 3 is 2.76 bits per heavy atom. The van der Waals surface area contributed by atoms with Gasteiger partial charge in [0.2, 0.25) is 0 Å². The third kappa shape index (κ3) is 2.78. The second-order valence-corrected chi connectivity index (χ2v) is 5.38. The number of nitrogens with zero attached hydrogens (tertiary/aromatic N) is 3. The highest BCUT2D eigenvalue weighted by Crippen LogP contribution is 2.28. The van der Waals surface area contributed by atoms with Crippen LogP contribution in [0.15, 0.2) is 65.2 Å². The monoisotopic (exact) mass is 333 g/mol. The van der Waals surface area contributed by atoms with Crippen LogP contribution < -0.4 is 0 Å². The molecule has 0 fully saturated rings. The van der Waals surface area contributed by atoms with Gasteiger partial charge in [0.1, 0.15) is 11.3 Å². The first-order chi connectivity index (χ1) is 12.3. The van der Waals surface area contributed by atoms with Crippen LogP contribution >= 0.6 is 0 Å². The van der Waals surface area contributed by atoms with Crippen LogP contribution in [0.25, 0.3) is 28.2 Å². The Hall–Kier alpha value is -3.41. The van der Waals surface area contributed by atoms with Crippen molar-refractivity contribution in [2.75, 3.05) is 6.61 Å². The van der Waals surface area contributed by atoms with Gasteiger partial charge in [-0.3, -0.25) is 0 Å². The van der Waals surface area contributed by atoms with Crippen LogP contribution in [0, 0.1) is 0 Å². The summed E-state index contributed by atoms with van der Waals surface area (Å²) in [6, 6.07) is 16.7. The van der Waals surface area contributed by atoms with Crippen LogP contribution in [0.1, 0.15) is 17.4 Å². The lowest BCUT2D eigenvalue weighted by Crippen LogP contribution is -2.12. The van der Waals surface area contributed by atoms with Crippen molar-refractivity contribution < 1.29 is 13.9 Å². The number of ether oxygens (including phenoxy) is 1. The second kappa shape index (κ2) is 6.24. The van der Waals surface area contributed by atoms with Crippen LogP contribution in [0.4, 0.5) is 0 Å². The maximum absolute atomic E-state index is 12.3. The van der Waals surface area contributed by atoms with E-state index in [4.69, 9.17) is 9.15 Å². The second-order valence-electron chi connectivity index (χ2n) is 5.38. The Morgan fingerprint density at radius 1 is 1.16 bits per heavy atom. The number of pyridine rings is 1. The molecule has 0 saturated carbocycles. The highest BCUT2D eigenvalue weighted by Gasteiger charge is 2.20. The number of para-hydroxylation sites is 1. The van der Waals surface area contributed by atoms with Gasteiger partial charge in [-0.2, -0.15) is 5.10 Å². The molecule has 4 rings (SSSR count). The molecule has 0 spiro atoms. The number of rotatable bonds is 4. The van der Waals surface area contributed by atoms with Crippen LogP contribution in [0.3, 0.4) is 0 Å². The van der Waals surface area contributed by atoms with Gasteiger partial charge < -0.3 is 9.15 Å². The van der Waals surface area contributed by atoms with Crippen LogP contribution in [-0.2, 0) is 4.74 Å². The highest BCUT2D eigenvalue weighted by molar-refractivity contribution is 5.90. The fraction of sp³-hybridized carbons (Fsp3) is 0.105. The van der Waals surface area contributed by atoms with Crippen molar-refractivity contribution in [1.82, 2.24) is 14.8 Å². The molecule has 3 aromatic heterocycles. The van der Waals surface area contributed by atoms with E-state index in [2.05, 4.69) is 10.1 Å². The minimum Gasteiger partial charge on any atom is -0.461 e. The first-order valence-electron chi connectivity index (χ1n) is 7.94. The summed E-state index contributed by atoms with van der Waals surface area (Å²) in [7, 11) is 0. The van der Waals surface area contributed by atoms with E-state index in [0.717, 1.165) is 11.0 Å². The molecule has 124 valence electrons. The molecular formula is C19H15N3O3. The Bertz CT molecular complexity index is 1000. The van der Waals surface area contributed by atoms with Crippen LogP contribution in [0.2, 0.25) is 0 Å². The number of furan rings is 1. The summed E-state index contributed by atoms with van der Waals surface area (Å²) in [5.41, 5.74) is 1.61. The summed E-state index contributed by atoms with van der Waals surface area (Å²) >= 11 is 0. The number of hydrogen-bond donors (Lipinski definition) is 0. The van der Waals surface area contributed by atoms with Gasteiger partial charge >= 0.3 is 5.97 Å². The summed E-state index contributed by atoms with van der Waals surface area (Å²) < 4.78 is 12.5. The van der Waals surface area contributed by atoms with E-state index in [-0.39, 0.29) is 6.61 Å². The van der Waals surface area contributed by atoms with E-state index >= 15 is 0 Å². The van der Waals surface area contributed by atoms with Gasteiger partial charge in [-0.05, 0) is 31.2 Å². The Morgan fingerprint density at radius 2 is 2.00 bits per heavy atom. The molecule has 0 aliphatic heterocycles. The van der Waals surface area contributed by atoms with Crippen molar-refractivity contribution >= 4 is 16.9 Å². The largest absolute Gasteiger partial charge is 0.461 e. The third-order valence-electron chi connectivity index (χ3n) is 3.74. The minimum absolute atomic E-state index is 0.284. The lowest BCUT2D eigenvalue weighted by atomic mass is 10.2. The number of aromatic nitrogens is 3. The molecule has 0 saturated heterocycles. The highest BCUT2D eigenvalue weighted by atomic mass is 16.5. The van der Waals surface area contributed by atoms with Gasteiger partial charge in [0, 0.05) is 17.6 Å². The summed E-state index contributed by atoms with van der Waals surface area (Å²) in [6.07, 6.45) is 1.65.